The van der Waals surface area contributed by atoms with Gasteiger partial charge in [-0.3, -0.25) is 9.78 Å². The zero-order valence-corrected chi connectivity index (χ0v) is 13.4. The SMILES string of the molecule is Cc1cc(C)c(NCCC(=O)NCc2ccccn2)c(C)c1. The maximum absolute atomic E-state index is 11.9. The summed E-state index contributed by atoms with van der Waals surface area (Å²) in [6.07, 6.45) is 2.17. The van der Waals surface area contributed by atoms with E-state index in [-0.39, 0.29) is 5.91 Å². The topological polar surface area (TPSA) is 54.0 Å². The molecule has 22 heavy (non-hydrogen) atoms. The van der Waals surface area contributed by atoms with Crippen LogP contribution < -0.4 is 10.6 Å². The van der Waals surface area contributed by atoms with E-state index in [4.69, 9.17) is 0 Å². The van der Waals surface area contributed by atoms with Gasteiger partial charge < -0.3 is 10.6 Å². The molecule has 0 radical (unpaired) electrons. The van der Waals surface area contributed by atoms with Crippen molar-refractivity contribution in [3.8, 4) is 0 Å². The quantitative estimate of drug-likeness (QED) is 0.861. The van der Waals surface area contributed by atoms with Crippen LogP contribution in [-0.4, -0.2) is 17.4 Å². The van der Waals surface area contributed by atoms with E-state index in [0.29, 0.717) is 19.5 Å². The number of amides is 1. The number of nitrogens with zero attached hydrogens (tertiary/aromatic N) is 1. The fraction of sp³-hybridized carbons (Fsp3) is 0.333. The number of benzene rings is 1. The Morgan fingerprint density at radius 2 is 1.86 bits per heavy atom. The lowest BCUT2D eigenvalue weighted by atomic mass is 10.1. The Morgan fingerprint density at radius 3 is 2.50 bits per heavy atom. The number of carbonyl (C=O) groups is 1. The van der Waals surface area contributed by atoms with Crippen molar-refractivity contribution in [2.45, 2.75) is 33.7 Å². The van der Waals surface area contributed by atoms with Crippen LogP contribution in [0.25, 0.3) is 0 Å². The van der Waals surface area contributed by atoms with E-state index in [1.165, 1.54) is 16.7 Å². The summed E-state index contributed by atoms with van der Waals surface area (Å²) in [6.45, 7) is 7.36. The fourth-order valence-electron chi connectivity index (χ4n) is 2.54. The normalized spacial score (nSPS) is 10.3. The molecular formula is C18H23N3O. The molecule has 4 nitrogen and oxygen atoms in total. The number of hydrogen-bond acceptors (Lipinski definition) is 3. The number of hydrogen-bond donors (Lipinski definition) is 2. The van der Waals surface area contributed by atoms with E-state index in [0.717, 1.165) is 11.4 Å². The van der Waals surface area contributed by atoms with Crippen LogP contribution in [0.3, 0.4) is 0 Å². The first-order chi connectivity index (χ1) is 10.6. The second kappa shape index (κ2) is 7.59. The summed E-state index contributed by atoms with van der Waals surface area (Å²) in [5.74, 6) is 0.0283. The summed E-state index contributed by atoms with van der Waals surface area (Å²) in [6, 6.07) is 9.98. The number of carbonyl (C=O) groups excluding carboxylic acids is 1. The van der Waals surface area contributed by atoms with E-state index in [9.17, 15) is 4.79 Å². The van der Waals surface area contributed by atoms with Crippen molar-refractivity contribution in [3.05, 3.63) is 58.9 Å². The highest BCUT2D eigenvalue weighted by Crippen LogP contribution is 2.21. The van der Waals surface area contributed by atoms with Gasteiger partial charge in [0.15, 0.2) is 0 Å². The standard InChI is InChI=1S/C18H23N3O/c1-13-10-14(2)18(15(3)11-13)20-9-7-17(22)21-12-16-6-4-5-8-19-16/h4-6,8,10-11,20H,7,9,12H2,1-3H3,(H,21,22). The molecule has 1 aromatic heterocycles. The maximum atomic E-state index is 11.9. The first-order valence-corrected chi connectivity index (χ1v) is 7.54. The van der Waals surface area contributed by atoms with Crippen LogP contribution in [0.4, 0.5) is 5.69 Å². The number of rotatable bonds is 6. The van der Waals surface area contributed by atoms with Crippen LogP contribution in [-0.2, 0) is 11.3 Å². The van der Waals surface area contributed by atoms with Crippen LogP contribution in [0, 0.1) is 20.8 Å². The lowest BCUT2D eigenvalue weighted by Gasteiger charge is -2.13. The first kappa shape index (κ1) is 16.0. The van der Waals surface area contributed by atoms with Crippen molar-refractivity contribution in [2.75, 3.05) is 11.9 Å². The lowest BCUT2D eigenvalue weighted by molar-refractivity contribution is -0.121. The first-order valence-electron chi connectivity index (χ1n) is 7.54. The van der Waals surface area contributed by atoms with Gasteiger partial charge in [-0.2, -0.15) is 0 Å². The van der Waals surface area contributed by atoms with Crippen LogP contribution >= 0.6 is 0 Å². The highest BCUT2D eigenvalue weighted by molar-refractivity contribution is 5.76. The van der Waals surface area contributed by atoms with E-state index in [2.05, 4.69) is 48.5 Å². The van der Waals surface area contributed by atoms with Crippen molar-refractivity contribution in [1.82, 2.24) is 10.3 Å². The van der Waals surface area contributed by atoms with Gasteiger partial charge in [0.05, 0.1) is 12.2 Å². The molecule has 0 bridgehead atoms. The third kappa shape index (κ3) is 4.58. The largest absolute Gasteiger partial charge is 0.384 e. The molecule has 2 rings (SSSR count). The van der Waals surface area contributed by atoms with Crippen LogP contribution in [0.15, 0.2) is 36.5 Å². The van der Waals surface area contributed by atoms with Crippen LogP contribution in [0.2, 0.25) is 0 Å². The zero-order chi connectivity index (χ0) is 15.9. The van der Waals surface area contributed by atoms with E-state index in [1.807, 2.05) is 18.2 Å². The van der Waals surface area contributed by atoms with Crippen molar-refractivity contribution < 1.29 is 4.79 Å². The molecule has 0 atom stereocenters. The van der Waals surface area contributed by atoms with Gasteiger partial charge in [-0.15, -0.1) is 0 Å². The van der Waals surface area contributed by atoms with Gasteiger partial charge >= 0.3 is 0 Å². The average molecular weight is 297 g/mol. The highest BCUT2D eigenvalue weighted by Gasteiger charge is 2.05. The molecule has 0 saturated heterocycles. The number of nitrogens with one attached hydrogen (secondary N) is 2. The number of aromatic nitrogens is 1. The summed E-state index contributed by atoms with van der Waals surface area (Å²) in [5.41, 5.74) is 5.68. The fourth-order valence-corrected chi connectivity index (χ4v) is 2.54. The highest BCUT2D eigenvalue weighted by atomic mass is 16.1. The Hall–Kier alpha value is -2.36. The Bertz CT molecular complexity index is 615. The summed E-state index contributed by atoms with van der Waals surface area (Å²) >= 11 is 0. The van der Waals surface area contributed by atoms with Crippen molar-refractivity contribution in [2.24, 2.45) is 0 Å². The third-order valence-electron chi connectivity index (χ3n) is 3.52. The molecule has 0 aliphatic heterocycles. The van der Waals surface area contributed by atoms with Gasteiger partial charge in [0.25, 0.3) is 0 Å². The van der Waals surface area contributed by atoms with E-state index >= 15 is 0 Å². The van der Waals surface area contributed by atoms with Crippen LogP contribution in [0.5, 0.6) is 0 Å². The molecule has 0 fully saturated rings. The minimum Gasteiger partial charge on any atom is -0.384 e. The minimum atomic E-state index is 0.0283. The summed E-state index contributed by atoms with van der Waals surface area (Å²) in [7, 11) is 0. The van der Waals surface area contributed by atoms with Crippen molar-refractivity contribution in [3.63, 3.8) is 0 Å². The molecule has 0 aliphatic rings. The van der Waals surface area contributed by atoms with Crippen molar-refractivity contribution in [1.29, 1.82) is 0 Å². The molecule has 1 amide bonds. The van der Waals surface area contributed by atoms with Gasteiger partial charge in [0.1, 0.15) is 0 Å². The van der Waals surface area contributed by atoms with E-state index < -0.39 is 0 Å². The molecular weight excluding hydrogens is 274 g/mol. The summed E-state index contributed by atoms with van der Waals surface area (Å²) < 4.78 is 0. The number of anilines is 1. The summed E-state index contributed by atoms with van der Waals surface area (Å²) in [5, 5.41) is 6.24. The van der Waals surface area contributed by atoms with Gasteiger partial charge in [0, 0.05) is 24.8 Å². The molecule has 2 N–H and O–H groups in total. The Morgan fingerprint density at radius 1 is 1.14 bits per heavy atom. The Kier molecular flexibility index (Phi) is 5.53. The molecule has 0 saturated carbocycles. The second-order valence-electron chi connectivity index (χ2n) is 5.55. The Balaban J connectivity index is 1.78. The average Bonchev–Trinajstić information content (AvgIpc) is 2.49. The number of aryl methyl sites for hydroxylation is 3. The van der Waals surface area contributed by atoms with Crippen LogP contribution in [0.1, 0.15) is 28.8 Å². The predicted molar refractivity (Wildman–Crippen MR) is 89.8 cm³/mol. The predicted octanol–water partition coefficient (Wildman–Crippen LogP) is 3.13. The van der Waals surface area contributed by atoms with Gasteiger partial charge in [0.2, 0.25) is 5.91 Å². The lowest BCUT2D eigenvalue weighted by Crippen LogP contribution is -2.25. The molecule has 2 aromatic rings. The molecule has 0 aliphatic carbocycles. The molecule has 0 unspecified atom stereocenters. The zero-order valence-electron chi connectivity index (χ0n) is 13.4. The maximum Gasteiger partial charge on any atom is 0.222 e. The summed E-state index contributed by atoms with van der Waals surface area (Å²) in [4.78, 5) is 16.0. The smallest absolute Gasteiger partial charge is 0.222 e. The Labute approximate surface area is 132 Å². The van der Waals surface area contributed by atoms with E-state index in [1.54, 1.807) is 6.20 Å². The molecule has 1 heterocycles. The van der Waals surface area contributed by atoms with Gasteiger partial charge in [-0.25, -0.2) is 0 Å². The monoisotopic (exact) mass is 297 g/mol. The molecule has 4 heteroatoms. The third-order valence-corrected chi connectivity index (χ3v) is 3.52. The number of pyridine rings is 1. The molecule has 1 aromatic carbocycles. The van der Waals surface area contributed by atoms with Gasteiger partial charge in [-0.1, -0.05) is 23.8 Å². The second-order valence-corrected chi connectivity index (χ2v) is 5.55. The van der Waals surface area contributed by atoms with Gasteiger partial charge in [-0.05, 0) is 44.0 Å². The molecule has 0 spiro atoms. The minimum absolute atomic E-state index is 0.0283. The van der Waals surface area contributed by atoms with Crippen molar-refractivity contribution >= 4 is 11.6 Å². The molecule has 116 valence electrons.